The van der Waals surface area contributed by atoms with Crippen LogP contribution in [0.5, 0.6) is 0 Å². The molecule has 0 N–H and O–H groups in total. The number of hydrogen-bond donors (Lipinski definition) is 0. The van der Waals surface area contributed by atoms with Crippen LogP contribution in [-0.4, -0.2) is 29.9 Å². The number of benzene rings is 1. The molecule has 0 aliphatic heterocycles. The second-order valence-corrected chi connectivity index (χ2v) is 6.04. The summed E-state index contributed by atoms with van der Waals surface area (Å²) in [7, 11) is 0. The van der Waals surface area contributed by atoms with Crippen molar-refractivity contribution < 1.29 is 0 Å². The minimum atomic E-state index is -0.188. The van der Waals surface area contributed by atoms with Gasteiger partial charge in [0.25, 0.3) is 0 Å². The molecule has 0 saturated carbocycles. The van der Waals surface area contributed by atoms with Crippen molar-refractivity contribution in [2.24, 2.45) is 0 Å². The first-order valence-electron chi connectivity index (χ1n) is 4.72. The van der Waals surface area contributed by atoms with Gasteiger partial charge in [-0.3, -0.25) is 0 Å². The van der Waals surface area contributed by atoms with Crippen LogP contribution in [0.2, 0.25) is 0 Å². The van der Waals surface area contributed by atoms with E-state index >= 15 is 0 Å². The van der Waals surface area contributed by atoms with Crippen molar-refractivity contribution >= 4 is 34.4 Å². The van der Waals surface area contributed by atoms with Crippen LogP contribution in [-0.2, 0) is 6.42 Å². The summed E-state index contributed by atoms with van der Waals surface area (Å²) in [5, 5.41) is 17.3. The fourth-order valence-electron chi connectivity index (χ4n) is 1.18. The SMILES string of the molecule is CCc1ccc(/C(=C\[Se]C#N)[Se]C#N)cc1. The van der Waals surface area contributed by atoms with Gasteiger partial charge in [-0.05, 0) is 0 Å². The first kappa shape index (κ1) is 13.0. The van der Waals surface area contributed by atoms with Gasteiger partial charge in [0.1, 0.15) is 0 Å². The Bertz CT molecular complexity index is 449. The van der Waals surface area contributed by atoms with E-state index in [-0.39, 0.29) is 29.9 Å². The molecule has 0 fully saturated rings. The molecule has 0 amide bonds. The summed E-state index contributed by atoms with van der Waals surface area (Å²) in [6.07, 6.45) is 1.02. The second-order valence-electron chi connectivity index (χ2n) is 2.94. The van der Waals surface area contributed by atoms with Gasteiger partial charge in [-0.15, -0.1) is 0 Å². The molecule has 0 unspecified atom stereocenters. The van der Waals surface area contributed by atoms with Gasteiger partial charge >= 0.3 is 109 Å². The van der Waals surface area contributed by atoms with E-state index in [1.54, 1.807) is 0 Å². The van der Waals surface area contributed by atoms with Gasteiger partial charge < -0.3 is 0 Å². The first-order chi connectivity index (χ1) is 7.81. The Labute approximate surface area is 108 Å². The molecule has 0 spiro atoms. The molecular formula is C12H10N2Se2. The average Bonchev–Trinajstić information content (AvgIpc) is 2.35. The van der Waals surface area contributed by atoms with Crippen molar-refractivity contribution in [3.05, 3.63) is 40.4 Å². The molecule has 0 bridgehead atoms. The van der Waals surface area contributed by atoms with E-state index in [1.165, 1.54) is 5.56 Å². The normalized spacial score (nSPS) is 10.6. The Morgan fingerprint density at radius 1 is 1.25 bits per heavy atom. The maximum absolute atomic E-state index is 8.76. The van der Waals surface area contributed by atoms with Crippen LogP contribution in [0.15, 0.2) is 29.2 Å². The number of nitriles is 2. The van der Waals surface area contributed by atoms with Crippen molar-refractivity contribution in [1.82, 2.24) is 0 Å². The zero-order valence-corrected chi connectivity index (χ0v) is 12.2. The Morgan fingerprint density at radius 3 is 2.44 bits per heavy atom. The summed E-state index contributed by atoms with van der Waals surface area (Å²) >= 11 is -0.344. The van der Waals surface area contributed by atoms with E-state index in [4.69, 9.17) is 10.5 Å². The number of rotatable bonds is 4. The van der Waals surface area contributed by atoms with Gasteiger partial charge in [-0.25, -0.2) is 0 Å². The van der Waals surface area contributed by atoms with E-state index in [1.807, 2.05) is 17.1 Å². The predicted octanol–water partition coefficient (Wildman–Crippen LogP) is 1.92. The van der Waals surface area contributed by atoms with E-state index in [2.05, 4.69) is 29.0 Å². The van der Waals surface area contributed by atoms with E-state index < -0.39 is 0 Å². The summed E-state index contributed by atoms with van der Waals surface area (Å²) in [6, 6.07) is 8.24. The summed E-state index contributed by atoms with van der Waals surface area (Å²) in [5.41, 5.74) is 2.37. The molecular weight excluding hydrogens is 330 g/mol. The molecule has 1 aromatic rings. The van der Waals surface area contributed by atoms with Crippen LogP contribution >= 0.6 is 0 Å². The van der Waals surface area contributed by atoms with Crippen LogP contribution < -0.4 is 0 Å². The molecule has 80 valence electrons. The van der Waals surface area contributed by atoms with Crippen LogP contribution in [0.3, 0.4) is 0 Å². The Balaban J connectivity index is 2.94. The number of aryl methyl sites for hydroxylation is 1. The third-order valence-corrected chi connectivity index (χ3v) is 5.14. The molecule has 1 aromatic carbocycles. The second kappa shape index (κ2) is 7.28. The minimum absolute atomic E-state index is 0.155. The van der Waals surface area contributed by atoms with Gasteiger partial charge in [-0.2, -0.15) is 0 Å². The van der Waals surface area contributed by atoms with Crippen molar-refractivity contribution in [3.8, 4) is 9.94 Å². The first-order valence-corrected chi connectivity index (χ1v) is 8.27. The van der Waals surface area contributed by atoms with E-state index in [9.17, 15) is 0 Å². The fourth-order valence-corrected chi connectivity index (χ4v) is 3.69. The van der Waals surface area contributed by atoms with Gasteiger partial charge in [-0.1, -0.05) is 0 Å². The summed E-state index contributed by atoms with van der Waals surface area (Å²) in [5.74, 6) is 0. The van der Waals surface area contributed by atoms with Crippen LogP contribution in [0.25, 0.3) is 4.47 Å². The number of nitrogens with zero attached hydrogens (tertiary/aromatic N) is 2. The molecule has 0 atom stereocenters. The zero-order chi connectivity index (χ0) is 11.8. The van der Waals surface area contributed by atoms with Crippen molar-refractivity contribution in [1.29, 1.82) is 10.5 Å². The predicted molar refractivity (Wildman–Crippen MR) is 66.5 cm³/mol. The van der Waals surface area contributed by atoms with Crippen LogP contribution in [0, 0.1) is 20.5 Å². The van der Waals surface area contributed by atoms with Gasteiger partial charge in [0, 0.05) is 0 Å². The molecule has 1 rings (SSSR count). The fraction of sp³-hybridized carbons (Fsp3) is 0.167. The summed E-state index contributed by atoms with van der Waals surface area (Å²) in [6.45, 7) is 2.11. The van der Waals surface area contributed by atoms with Crippen LogP contribution in [0.1, 0.15) is 18.1 Å². The Kier molecular flexibility index (Phi) is 5.94. The summed E-state index contributed by atoms with van der Waals surface area (Å²) in [4.78, 5) is 6.25. The van der Waals surface area contributed by atoms with E-state index in [0.717, 1.165) is 16.5 Å². The molecule has 0 saturated heterocycles. The maximum atomic E-state index is 8.76. The van der Waals surface area contributed by atoms with Crippen molar-refractivity contribution in [2.75, 3.05) is 0 Å². The molecule has 0 heterocycles. The molecule has 2 nitrogen and oxygen atoms in total. The Morgan fingerprint density at radius 2 is 1.94 bits per heavy atom. The molecule has 0 aliphatic carbocycles. The number of hydrogen-bond acceptors (Lipinski definition) is 2. The quantitative estimate of drug-likeness (QED) is 0.787. The third-order valence-electron chi connectivity index (χ3n) is 2.02. The standard InChI is InChI=1S/C12H10N2Se2/c1-2-10-3-5-11(6-4-10)12(16-9-14)7-15-8-13/h3-7H,2H2,1H3/b12-7+. The third kappa shape index (κ3) is 3.86. The average molecular weight is 340 g/mol. The summed E-state index contributed by atoms with van der Waals surface area (Å²) < 4.78 is 1.03. The molecule has 16 heavy (non-hydrogen) atoms. The molecule has 0 radical (unpaired) electrons. The topological polar surface area (TPSA) is 47.6 Å². The van der Waals surface area contributed by atoms with Gasteiger partial charge in [0.2, 0.25) is 0 Å². The van der Waals surface area contributed by atoms with Gasteiger partial charge in [0.05, 0.1) is 0 Å². The molecule has 4 heteroatoms. The molecule has 0 aromatic heterocycles. The zero-order valence-electron chi connectivity index (χ0n) is 8.80. The monoisotopic (exact) mass is 342 g/mol. The van der Waals surface area contributed by atoms with Crippen molar-refractivity contribution in [3.63, 3.8) is 0 Å². The van der Waals surface area contributed by atoms with E-state index in [0.29, 0.717) is 0 Å². The van der Waals surface area contributed by atoms with Crippen molar-refractivity contribution in [2.45, 2.75) is 13.3 Å². The Hall–Kier alpha value is -1.02. The van der Waals surface area contributed by atoms with Gasteiger partial charge in [0.15, 0.2) is 0 Å². The van der Waals surface area contributed by atoms with Crippen LogP contribution in [0.4, 0.5) is 0 Å². The molecule has 0 aliphatic rings.